The minimum atomic E-state index is -0.347. The van der Waals surface area contributed by atoms with E-state index < -0.39 is 0 Å². The number of nitrogens with one attached hydrogen (secondary N) is 3. The summed E-state index contributed by atoms with van der Waals surface area (Å²) in [5.41, 5.74) is 1.50. The minimum absolute atomic E-state index is 0.162. The van der Waals surface area contributed by atoms with E-state index in [0.717, 1.165) is 18.1 Å². The molecule has 2 aromatic heterocycles. The Bertz CT molecular complexity index is 846. The largest absolute Gasteiger partial charge is 0.370 e. The third kappa shape index (κ3) is 4.31. The standard InChI is InChI=1S/C17H18N6O2/c1-3-18-15-10-16(21-11(2)20-15)22-12-4-6-13(7-5-12)23-17(24)14-8-9-19-25-14/h4-10H,3H2,1-2H3,(H,23,24)(H2,18,20,21,22). The number of hydrogen-bond donors (Lipinski definition) is 3. The highest BCUT2D eigenvalue weighted by Crippen LogP contribution is 2.20. The van der Waals surface area contributed by atoms with Crippen LogP contribution in [0, 0.1) is 6.92 Å². The second kappa shape index (κ2) is 7.43. The van der Waals surface area contributed by atoms with Gasteiger partial charge in [-0.25, -0.2) is 9.97 Å². The van der Waals surface area contributed by atoms with Crippen LogP contribution in [0.2, 0.25) is 0 Å². The zero-order valence-electron chi connectivity index (χ0n) is 13.9. The van der Waals surface area contributed by atoms with E-state index >= 15 is 0 Å². The fourth-order valence-electron chi connectivity index (χ4n) is 2.21. The average molecular weight is 338 g/mol. The summed E-state index contributed by atoms with van der Waals surface area (Å²) in [7, 11) is 0. The summed E-state index contributed by atoms with van der Waals surface area (Å²) in [6.45, 7) is 4.64. The predicted molar refractivity (Wildman–Crippen MR) is 95.1 cm³/mol. The van der Waals surface area contributed by atoms with Crippen LogP contribution in [-0.4, -0.2) is 27.6 Å². The third-order valence-electron chi connectivity index (χ3n) is 3.27. The van der Waals surface area contributed by atoms with Crippen LogP contribution in [0.15, 0.2) is 47.1 Å². The fourth-order valence-corrected chi connectivity index (χ4v) is 2.21. The zero-order chi connectivity index (χ0) is 17.6. The maximum Gasteiger partial charge on any atom is 0.294 e. The van der Waals surface area contributed by atoms with E-state index in [4.69, 9.17) is 4.52 Å². The number of carbonyl (C=O) groups excluding carboxylic acids is 1. The van der Waals surface area contributed by atoms with Gasteiger partial charge in [-0.15, -0.1) is 0 Å². The molecule has 0 saturated heterocycles. The van der Waals surface area contributed by atoms with Gasteiger partial charge in [0, 0.05) is 30.1 Å². The summed E-state index contributed by atoms with van der Waals surface area (Å²) in [4.78, 5) is 20.6. The molecule has 3 aromatic rings. The normalized spacial score (nSPS) is 10.3. The molecule has 0 fully saturated rings. The average Bonchev–Trinajstić information content (AvgIpc) is 3.11. The van der Waals surface area contributed by atoms with Crippen LogP contribution in [0.5, 0.6) is 0 Å². The molecule has 3 N–H and O–H groups in total. The molecular weight excluding hydrogens is 320 g/mol. The van der Waals surface area contributed by atoms with Crippen molar-refractivity contribution >= 4 is 28.9 Å². The molecule has 0 spiro atoms. The van der Waals surface area contributed by atoms with Crippen LogP contribution in [-0.2, 0) is 0 Å². The maximum atomic E-state index is 11.9. The lowest BCUT2D eigenvalue weighted by Gasteiger charge is -2.10. The van der Waals surface area contributed by atoms with Gasteiger partial charge in [-0.3, -0.25) is 4.79 Å². The zero-order valence-corrected chi connectivity index (χ0v) is 13.9. The summed E-state index contributed by atoms with van der Waals surface area (Å²) in [5, 5.41) is 12.6. The number of nitrogens with zero attached hydrogens (tertiary/aromatic N) is 3. The summed E-state index contributed by atoms with van der Waals surface area (Å²) in [6.07, 6.45) is 1.42. The first-order valence-electron chi connectivity index (χ1n) is 7.82. The van der Waals surface area contributed by atoms with Gasteiger partial charge in [0.25, 0.3) is 5.91 Å². The van der Waals surface area contributed by atoms with E-state index in [1.165, 1.54) is 12.3 Å². The Hall–Kier alpha value is -3.42. The van der Waals surface area contributed by atoms with Gasteiger partial charge in [0.1, 0.15) is 17.5 Å². The Morgan fingerprint density at radius 2 is 1.80 bits per heavy atom. The highest BCUT2D eigenvalue weighted by molar-refractivity contribution is 6.02. The van der Waals surface area contributed by atoms with E-state index in [-0.39, 0.29) is 11.7 Å². The molecule has 1 aromatic carbocycles. The lowest BCUT2D eigenvalue weighted by molar-refractivity contribution is 0.0988. The van der Waals surface area contributed by atoms with Crippen LogP contribution in [0.25, 0.3) is 0 Å². The Kier molecular flexibility index (Phi) is 4.89. The van der Waals surface area contributed by atoms with Crippen molar-refractivity contribution in [2.45, 2.75) is 13.8 Å². The van der Waals surface area contributed by atoms with Crippen molar-refractivity contribution in [2.24, 2.45) is 0 Å². The summed E-state index contributed by atoms with van der Waals surface area (Å²) >= 11 is 0. The van der Waals surface area contributed by atoms with Crippen LogP contribution in [0.3, 0.4) is 0 Å². The fraction of sp³-hybridized carbons (Fsp3) is 0.176. The van der Waals surface area contributed by atoms with Gasteiger partial charge in [-0.1, -0.05) is 5.16 Å². The highest BCUT2D eigenvalue weighted by Gasteiger charge is 2.09. The van der Waals surface area contributed by atoms with Crippen molar-refractivity contribution in [1.82, 2.24) is 15.1 Å². The Labute approximate surface area is 144 Å². The van der Waals surface area contributed by atoms with Gasteiger partial charge in [0.2, 0.25) is 5.76 Å². The van der Waals surface area contributed by atoms with Crippen LogP contribution in [0.4, 0.5) is 23.0 Å². The monoisotopic (exact) mass is 338 g/mol. The van der Waals surface area contributed by atoms with E-state index in [2.05, 4.69) is 31.1 Å². The lowest BCUT2D eigenvalue weighted by atomic mass is 10.2. The van der Waals surface area contributed by atoms with Crippen molar-refractivity contribution in [3.63, 3.8) is 0 Å². The number of anilines is 4. The maximum absolute atomic E-state index is 11.9. The molecule has 0 bridgehead atoms. The molecule has 3 rings (SSSR count). The smallest absolute Gasteiger partial charge is 0.294 e. The van der Waals surface area contributed by atoms with Crippen molar-refractivity contribution < 1.29 is 9.32 Å². The summed E-state index contributed by atoms with van der Waals surface area (Å²) in [6, 6.07) is 10.6. The molecular formula is C17H18N6O2. The van der Waals surface area contributed by atoms with E-state index in [1.807, 2.05) is 32.0 Å². The number of amides is 1. The van der Waals surface area contributed by atoms with Gasteiger partial charge >= 0.3 is 0 Å². The third-order valence-corrected chi connectivity index (χ3v) is 3.27. The molecule has 0 unspecified atom stereocenters. The van der Waals surface area contributed by atoms with Crippen LogP contribution in [0.1, 0.15) is 23.3 Å². The molecule has 8 heteroatoms. The molecule has 0 aliphatic rings. The van der Waals surface area contributed by atoms with E-state index in [0.29, 0.717) is 17.3 Å². The first-order valence-corrected chi connectivity index (χ1v) is 7.82. The molecule has 0 radical (unpaired) electrons. The summed E-state index contributed by atoms with van der Waals surface area (Å²) in [5.74, 6) is 1.96. The van der Waals surface area contributed by atoms with E-state index in [1.54, 1.807) is 12.1 Å². The van der Waals surface area contributed by atoms with Crippen LogP contribution < -0.4 is 16.0 Å². The van der Waals surface area contributed by atoms with Gasteiger partial charge in [0.05, 0.1) is 6.20 Å². The van der Waals surface area contributed by atoms with Crippen molar-refractivity contribution in [3.05, 3.63) is 54.2 Å². The molecule has 2 heterocycles. The molecule has 0 saturated carbocycles. The quantitative estimate of drug-likeness (QED) is 0.634. The van der Waals surface area contributed by atoms with Crippen LogP contribution >= 0.6 is 0 Å². The van der Waals surface area contributed by atoms with Gasteiger partial charge in [0.15, 0.2) is 0 Å². The van der Waals surface area contributed by atoms with Gasteiger partial charge in [-0.05, 0) is 38.1 Å². The predicted octanol–water partition coefficient (Wildman–Crippen LogP) is 3.20. The minimum Gasteiger partial charge on any atom is -0.370 e. The first kappa shape index (κ1) is 16.4. The summed E-state index contributed by atoms with van der Waals surface area (Å²) < 4.78 is 4.82. The van der Waals surface area contributed by atoms with Crippen molar-refractivity contribution in [1.29, 1.82) is 0 Å². The number of carbonyl (C=O) groups is 1. The Morgan fingerprint density at radius 1 is 1.08 bits per heavy atom. The number of rotatable bonds is 6. The number of benzene rings is 1. The molecule has 1 amide bonds. The Balaban J connectivity index is 1.67. The second-order valence-electron chi connectivity index (χ2n) is 5.25. The van der Waals surface area contributed by atoms with Gasteiger partial charge < -0.3 is 20.5 Å². The Morgan fingerprint density at radius 3 is 2.48 bits per heavy atom. The number of aromatic nitrogens is 3. The number of hydrogen-bond acceptors (Lipinski definition) is 7. The topological polar surface area (TPSA) is 105 Å². The molecule has 25 heavy (non-hydrogen) atoms. The molecule has 0 aliphatic carbocycles. The van der Waals surface area contributed by atoms with E-state index in [9.17, 15) is 4.79 Å². The molecule has 128 valence electrons. The second-order valence-corrected chi connectivity index (χ2v) is 5.25. The molecule has 0 atom stereocenters. The van der Waals surface area contributed by atoms with Crippen molar-refractivity contribution in [3.8, 4) is 0 Å². The lowest BCUT2D eigenvalue weighted by Crippen LogP contribution is -2.10. The molecule has 8 nitrogen and oxygen atoms in total. The number of aryl methyl sites for hydroxylation is 1. The SMILES string of the molecule is CCNc1cc(Nc2ccc(NC(=O)c3ccno3)cc2)nc(C)n1. The van der Waals surface area contributed by atoms with Gasteiger partial charge in [-0.2, -0.15) is 0 Å². The highest BCUT2D eigenvalue weighted by atomic mass is 16.5. The first-order chi connectivity index (χ1) is 12.1. The molecule has 0 aliphatic heterocycles. The van der Waals surface area contributed by atoms with Crippen molar-refractivity contribution in [2.75, 3.05) is 22.5 Å².